The van der Waals surface area contributed by atoms with Crippen LogP contribution in [-0.2, 0) is 18.4 Å². The average Bonchev–Trinajstić information content (AvgIpc) is 3.00. The molecule has 2 aromatic rings. The summed E-state index contributed by atoms with van der Waals surface area (Å²) in [5.41, 5.74) is 1.75. The molecule has 1 N–H and O–H groups in total. The Morgan fingerprint density at radius 2 is 1.91 bits per heavy atom. The highest BCUT2D eigenvalue weighted by molar-refractivity contribution is 6.13. The number of nitrogens with zero attached hydrogens (tertiary/aromatic N) is 2. The second-order valence-electron chi connectivity index (χ2n) is 5.12. The van der Waals surface area contributed by atoms with Crippen LogP contribution in [0.25, 0.3) is 6.08 Å². The second kappa shape index (κ2) is 5.48. The van der Waals surface area contributed by atoms with Gasteiger partial charge in [0.1, 0.15) is 11.5 Å². The maximum Gasteiger partial charge on any atom is 0.329 e. The zero-order valence-electron chi connectivity index (χ0n) is 11.9. The van der Waals surface area contributed by atoms with E-state index in [0.29, 0.717) is 5.56 Å². The number of benzene rings is 1. The highest BCUT2D eigenvalue weighted by Crippen LogP contribution is 2.17. The van der Waals surface area contributed by atoms with Gasteiger partial charge in [0.05, 0.1) is 6.54 Å². The third kappa shape index (κ3) is 2.76. The predicted octanol–water partition coefficient (Wildman–Crippen LogP) is 2.26. The van der Waals surface area contributed by atoms with E-state index in [1.54, 1.807) is 18.2 Å². The van der Waals surface area contributed by atoms with Crippen molar-refractivity contribution in [3.8, 4) is 0 Å². The molecule has 1 aliphatic rings. The van der Waals surface area contributed by atoms with Gasteiger partial charge in [-0.2, -0.15) is 0 Å². The van der Waals surface area contributed by atoms with Gasteiger partial charge in [0.25, 0.3) is 5.91 Å². The molecule has 5 nitrogen and oxygen atoms in total. The number of urea groups is 1. The van der Waals surface area contributed by atoms with E-state index in [-0.39, 0.29) is 18.1 Å². The number of imide groups is 1. The Balaban J connectivity index is 1.79. The number of hydrogen-bond acceptors (Lipinski definition) is 2. The van der Waals surface area contributed by atoms with Gasteiger partial charge in [0, 0.05) is 19.4 Å². The van der Waals surface area contributed by atoms with Crippen molar-refractivity contribution in [1.82, 2.24) is 14.8 Å². The Kier molecular flexibility index (Phi) is 3.50. The molecule has 1 saturated heterocycles. The molecule has 3 rings (SSSR count). The number of nitrogens with one attached hydrogen (secondary N) is 1. The van der Waals surface area contributed by atoms with E-state index in [4.69, 9.17) is 0 Å². The fourth-order valence-corrected chi connectivity index (χ4v) is 2.26. The molecule has 0 atom stereocenters. The summed E-state index contributed by atoms with van der Waals surface area (Å²) in [5, 5.41) is 2.56. The molecular weight excluding hydrogens is 285 g/mol. The van der Waals surface area contributed by atoms with E-state index in [2.05, 4.69) is 5.32 Å². The molecular formula is C16H14FN3O2. The minimum atomic E-state index is -0.475. The average molecular weight is 299 g/mol. The lowest BCUT2D eigenvalue weighted by atomic mass is 10.2. The topological polar surface area (TPSA) is 54.3 Å². The summed E-state index contributed by atoms with van der Waals surface area (Å²) in [6, 6.07) is 7.07. The first-order chi connectivity index (χ1) is 10.5. The van der Waals surface area contributed by atoms with Crippen LogP contribution < -0.4 is 5.32 Å². The summed E-state index contributed by atoms with van der Waals surface area (Å²) in [7, 11) is 1.87. The van der Waals surface area contributed by atoms with Crippen molar-refractivity contribution in [3.05, 3.63) is 65.4 Å². The van der Waals surface area contributed by atoms with Crippen LogP contribution in [0.5, 0.6) is 0 Å². The van der Waals surface area contributed by atoms with Crippen molar-refractivity contribution >= 4 is 18.0 Å². The lowest BCUT2D eigenvalue weighted by Crippen LogP contribution is -2.30. The number of hydrogen-bond donors (Lipinski definition) is 1. The van der Waals surface area contributed by atoms with Crippen LogP contribution in [-0.4, -0.2) is 21.4 Å². The molecule has 0 saturated carbocycles. The van der Waals surface area contributed by atoms with Crippen LogP contribution in [0.3, 0.4) is 0 Å². The Hall–Kier alpha value is -2.89. The largest absolute Gasteiger partial charge is 0.357 e. The first-order valence-corrected chi connectivity index (χ1v) is 6.74. The van der Waals surface area contributed by atoms with Gasteiger partial charge in [0.15, 0.2) is 0 Å². The fraction of sp³-hybridized carbons (Fsp3) is 0.125. The minimum absolute atomic E-state index is 0.108. The van der Waals surface area contributed by atoms with Gasteiger partial charge >= 0.3 is 6.03 Å². The first-order valence-electron chi connectivity index (χ1n) is 6.74. The van der Waals surface area contributed by atoms with Crippen molar-refractivity contribution in [3.63, 3.8) is 0 Å². The van der Waals surface area contributed by atoms with Gasteiger partial charge in [-0.3, -0.25) is 9.69 Å². The van der Waals surface area contributed by atoms with E-state index >= 15 is 0 Å². The molecule has 0 unspecified atom stereocenters. The predicted molar refractivity (Wildman–Crippen MR) is 78.9 cm³/mol. The zero-order valence-corrected chi connectivity index (χ0v) is 11.9. The quantitative estimate of drug-likeness (QED) is 0.698. The van der Waals surface area contributed by atoms with Gasteiger partial charge < -0.3 is 9.88 Å². The third-order valence-electron chi connectivity index (χ3n) is 3.38. The fourth-order valence-electron chi connectivity index (χ4n) is 2.26. The lowest BCUT2D eigenvalue weighted by Gasteiger charge is -2.11. The Morgan fingerprint density at radius 3 is 2.55 bits per heavy atom. The van der Waals surface area contributed by atoms with Gasteiger partial charge in [-0.15, -0.1) is 0 Å². The van der Waals surface area contributed by atoms with E-state index in [0.717, 1.165) is 10.5 Å². The maximum absolute atomic E-state index is 12.9. The summed E-state index contributed by atoms with van der Waals surface area (Å²) < 4.78 is 14.7. The molecule has 6 heteroatoms. The van der Waals surface area contributed by atoms with Crippen molar-refractivity contribution in [2.75, 3.05) is 0 Å². The SMILES string of the molecule is Cn1ccc(/C=C2/NC(=O)N(Cc3ccc(F)cc3)C2=O)c1. The molecule has 1 fully saturated rings. The molecule has 0 radical (unpaired) electrons. The van der Waals surface area contributed by atoms with Gasteiger partial charge in [0.2, 0.25) is 0 Å². The molecule has 2 heterocycles. The number of carbonyl (C=O) groups excluding carboxylic acids is 2. The summed E-state index contributed by atoms with van der Waals surface area (Å²) in [6.07, 6.45) is 5.32. The highest BCUT2D eigenvalue weighted by Gasteiger charge is 2.33. The van der Waals surface area contributed by atoms with Crippen molar-refractivity contribution in [2.45, 2.75) is 6.54 Å². The summed E-state index contributed by atoms with van der Waals surface area (Å²) >= 11 is 0. The molecule has 1 aliphatic heterocycles. The standard InChI is InChI=1S/C16H14FN3O2/c1-19-7-6-12(9-19)8-14-15(21)20(16(22)18-14)10-11-2-4-13(17)5-3-11/h2-9H,10H2,1H3,(H,18,22)/b14-8+. The molecule has 112 valence electrons. The first kappa shape index (κ1) is 14.1. The van der Waals surface area contributed by atoms with E-state index in [9.17, 15) is 14.0 Å². The summed E-state index contributed by atoms with van der Waals surface area (Å²) in [4.78, 5) is 25.3. The van der Waals surface area contributed by atoms with Crippen LogP contribution in [0.4, 0.5) is 9.18 Å². The molecule has 3 amide bonds. The van der Waals surface area contributed by atoms with E-state index < -0.39 is 11.9 Å². The van der Waals surface area contributed by atoms with Crippen molar-refractivity contribution < 1.29 is 14.0 Å². The third-order valence-corrected chi connectivity index (χ3v) is 3.38. The molecule has 0 bridgehead atoms. The number of carbonyl (C=O) groups is 2. The number of rotatable bonds is 3. The molecule has 22 heavy (non-hydrogen) atoms. The monoisotopic (exact) mass is 299 g/mol. The summed E-state index contributed by atoms with van der Waals surface area (Å²) in [5.74, 6) is -0.746. The van der Waals surface area contributed by atoms with Crippen LogP contribution in [0, 0.1) is 5.82 Å². The van der Waals surface area contributed by atoms with Crippen LogP contribution in [0.1, 0.15) is 11.1 Å². The van der Waals surface area contributed by atoms with Gasteiger partial charge in [-0.25, -0.2) is 9.18 Å². The second-order valence-corrected chi connectivity index (χ2v) is 5.12. The van der Waals surface area contributed by atoms with Crippen molar-refractivity contribution in [2.24, 2.45) is 7.05 Å². The Morgan fingerprint density at radius 1 is 1.18 bits per heavy atom. The van der Waals surface area contributed by atoms with Crippen LogP contribution in [0.2, 0.25) is 0 Å². The van der Waals surface area contributed by atoms with E-state index in [1.165, 1.54) is 12.1 Å². The minimum Gasteiger partial charge on any atom is -0.357 e. The number of amides is 3. The maximum atomic E-state index is 12.9. The highest BCUT2D eigenvalue weighted by atomic mass is 19.1. The van der Waals surface area contributed by atoms with Crippen molar-refractivity contribution in [1.29, 1.82) is 0 Å². The zero-order chi connectivity index (χ0) is 15.7. The number of halogens is 1. The molecule has 0 aliphatic carbocycles. The smallest absolute Gasteiger partial charge is 0.329 e. The van der Waals surface area contributed by atoms with Gasteiger partial charge in [-0.1, -0.05) is 12.1 Å². The molecule has 1 aromatic heterocycles. The summed E-state index contributed by atoms with van der Waals surface area (Å²) in [6.45, 7) is 0.108. The van der Waals surface area contributed by atoms with Crippen LogP contribution >= 0.6 is 0 Å². The van der Waals surface area contributed by atoms with E-state index in [1.807, 2.05) is 30.1 Å². The number of aryl methyl sites for hydroxylation is 1. The normalized spacial score (nSPS) is 16.5. The molecule has 0 spiro atoms. The van der Waals surface area contributed by atoms with Gasteiger partial charge in [-0.05, 0) is 35.4 Å². The number of aromatic nitrogens is 1. The lowest BCUT2D eigenvalue weighted by molar-refractivity contribution is -0.123. The molecule has 1 aromatic carbocycles. The van der Waals surface area contributed by atoms with Crippen LogP contribution in [0.15, 0.2) is 48.4 Å². The Bertz CT molecular complexity index is 762. The Labute approximate surface area is 126 Å².